The molecule has 0 bridgehead atoms. The molecule has 48 heavy (non-hydrogen) atoms. The van der Waals surface area contributed by atoms with Crippen LogP contribution in [0.3, 0.4) is 0 Å². The number of pyridine rings is 3. The standard InChI is InChI=1S/C43H47N3OSi/c1-26(2)21-31-24-37-33-12-10-9-11-32(33)34-17-14-30-15-18-39-42(35-16-13-28(4)44-43(35)47-39)41(30)38-22-27(3)19-20-45(38)29(5)23-36(34)46(37)25-40(31)48(6,7)8/h9-13,15-16,18-20,22,24-26,34,36H,5,14,17,21,23H2,1-4,6-8H3/q+2. The molecule has 8 rings (SSSR count). The van der Waals surface area contributed by atoms with Gasteiger partial charge in [-0.15, -0.1) is 0 Å². The molecule has 0 saturated carbocycles. The molecule has 6 heterocycles. The molecule has 0 N–H and O–H groups in total. The van der Waals surface area contributed by atoms with Crippen LogP contribution >= 0.6 is 0 Å². The van der Waals surface area contributed by atoms with E-state index in [4.69, 9.17) is 16.0 Å². The topological polar surface area (TPSA) is 33.8 Å². The van der Waals surface area contributed by atoms with E-state index < -0.39 is 8.07 Å². The Morgan fingerprint density at radius 1 is 0.979 bits per heavy atom. The lowest BCUT2D eigenvalue weighted by molar-refractivity contribution is -0.719. The highest BCUT2D eigenvalue weighted by Gasteiger charge is 2.44. The highest BCUT2D eigenvalue weighted by molar-refractivity contribution is 6.89. The van der Waals surface area contributed by atoms with Crippen LogP contribution in [0.5, 0.6) is 0 Å². The number of fused-ring (bicyclic) bond motifs is 13. The largest absolute Gasteiger partial charge is 0.438 e. The summed E-state index contributed by atoms with van der Waals surface area (Å²) in [6.45, 7) is 21.3. The SMILES string of the molecule is C=C1CC2C(CCc3ccc4oc5nc(C)ccc5c4c3-c3cc(C)cc[n+]31)c1ccccc1-c1cc(CC(C)C)c([Si](C)(C)C)c[n+]12. The van der Waals surface area contributed by atoms with Crippen molar-refractivity contribution in [3.8, 4) is 22.5 Å². The molecule has 0 aliphatic carbocycles. The van der Waals surface area contributed by atoms with Crippen LogP contribution in [-0.2, 0) is 12.8 Å². The van der Waals surface area contributed by atoms with E-state index in [1.165, 1.54) is 44.8 Å². The summed E-state index contributed by atoms with van der Waals surface area (Å²) in [4.78, 5) is 4.78. The molecule has 2 aliphatic rings. The summed E-state index contributed by atoms with van der Waals surface area (Å²) in [5, 5.41) is 3.82. The van der Waals surface area contributed by atoms with Gasteiger partial charge in [0, 0.05) is 51.3 Å². The van der Waals surface area contributed by atoms with Crippen molar-refractivity contribution in [2.75, 3.05) is 0 Å². The summed E-state index contributed by atoms with van der Waals surface area (Å²) in [6, 6.07) is 25.3. The highest BCUT2D eigenvalue weighted by Crippen LogP contribution is 2.46. The molecule has 2 aromatic carbocycles. The molecule has 0 saturated heterocycles. The van der Waals surface area contributed by atoms with Gasteiger partial charge in [-0.3, -0.25) is 0 Å². The zero-order valence-electron chi connectivity index (χ0n) is 29.5. The molecule has 0 amide bonds. The summed E-state index contributed by atoms with van der Waals surface area (Å²) in [5.74, 6) is 0.959. The number of rotatable bonds is 3. The second kappa shape index (κ2) is 11.4. The van der Waals surface area contributed by atoms with Gasteiger partial charge in [0.25, 0.3) is 0 Å². The summed E-state index contributed by atoms with van der Waals surface area (Å²) < 4.78 is 11.4. The fourth-order valence-electron chi connectivity index (χ4n) is 8.54. The Morgan fingerprint density at radius 2 is 1.79 bits per heavy atom. The molecular weight excluding hydrogens is 603 g/mol. The first-order chi connectivity index (χ1) is 23.0. The van der Waals surface area contributed by atoms with Crippen LogP contribution < -0.4 is 14.3 Å². The molecule has 242 valence electrons. The Bertz CT molecular complexity index is 2270. The number of nitrogens with zero attached hydrogens (tertiary/aromatic N) is 3. The molecule has 5 heteroatoms. The van der Waals surface area contributed by atoms with Gasteiger partial charge in [0.2, 0.25) is 17.1 Å². The number of benzene rings is 2. The van der Waals surface area contributed by atoms with Crippen molar-refractivity contribution in [3.63, 3.8) is 0 Å². The number of hydrogen-bond acceptors (Lipinski definition) is 2. The molecule has 4 aromatic heterocycles. The van der Waals surface area contributed by atoms with Crippen LogP contribution in [0.4, 0.5) is 0 Å². The zero-order valence-corrected chi connectivity index (χ0v) is 30.5. The van der Waals surface area contributed by atoms with Gasteiger partial charge in [-0.2, -0.15) is 9.13 Å². The van der Waals surface area contributed by atoms with Gasteiger partial charge in [-0.05, 0) is 92.1 Å². The van der Waals surface area contributed by atoms with Crippen molar-refractivity contribution in [2.24, 2.45) is 5.92 Å². The Kier molecular flexibility index (Phi) is 7.33. The van der Waals surface area contributed by atoms with Crippen LogP contribution in [0.1, 0.15) is 66.6 Å². The summed E-state index contributed by atoms with van der Waals surface area (Å²) in [6.07, 6.45) is 8.81. The van der Waals surface area contributed by atoms with E-state index in [-0.39, 0.29) is 6.04 Å². The van der Waals surface area contributed by atoms with Crippen molar-refractivity contribution in [2.45, 2.75) is 85.0 Å². The Morgan fingerprint density at radius 3 is 2.58 bits per heavy atom. The van der Waals surface area contributed by atoms with Gasteiger partial charge < -0.3 is 4.42 Å². The molecule has 2 aliphatic heterocycles. The van der Waals surface area contributed by atoms with Gasteiger partial charge in [0.1, 0.15) is 5.58 Å². The average Bonchev–Trinajstić information content (AvgIpc) is 3.40. The van der Waals surface area contributed by atoms with E-state index in [1.807, 2.05) is 6.92 Å². The number of allylic oxidation sites excluding steroid dienone is 1. The second-order valence-corrected chi connectivity index (χ2v) is 20.8. The lowest BCUT2D eigenvalue weighted by atomic mass is 9.77. The maximum atomic E-state index is 6.40. The number of hydrogen-bond donors (Lipinski definition) is 0. The normalized spacial score (nSPS) is 17.5. The van der Waals surface area contributed by atoms with Gasteiger partial charge in [-0.25, -0.2) is 4.98 Å². The van der Waals surface area contributed by atoms with Gasteiger partial charge in [-0.1, -0.05) is 57.8 Å². The van der Waals surface area contributed by atoms with E-state index in [2.05, 4.69) is 129 Å². The monoisotopic (exact) mass is 649 g/mol. The molecular formula is C43H47N3OSi+2. The second-order valence-electron chi connectivity index (χ2n) is 15.8. The van der Waals surface area contributed by atoms with Crippen LogP contribution in [0.15, 0.2) is 90.1 Å². The first-order valence-electron chi connectivity index (χ1n) is 17.7. The third-order valence-electron chi connectivity index (χ3n) is 10.7. The molecule has 6 aromatic rings. The number of aryl methyl sites for hydroxylation is 3. The van der Waals surface area contributed by atoms with E-state index in [0.29, 0.717) is 17.5 Å². The Labute approximate surface area is 285 Å². The summed E-state index contributed by atoms with van der Waals surface area (Å²) >= 11 is 0. The fourth-order valence-corrected chi connectivity index (χ4v) is 10.2. The quantitative estimate of drug-likeness (QED) is 0.141. The fraction of sp³-hybridized carbons (Fsp3) is 0.326. The minimum atomic E-state index is -1.63. The molecule has 4 nitrogen and oxygen atoms in total. The van der Waals surface area contributed by atoms with Crippen molar-refractivity contribution in [3.05, 3.63) is 114 Å². The third kappa shape index (κ3) is 5.06. The first kappa shape index (κ1) is 30.9. The van der Waals surface area contributed by atoms with Crippen LogP contribution in [-0.4, -0.2) is 13.1 Å². The van der Waals surface area contributed by atoms with E-state index in [9.17, 15) is 0 Å². The van der Waals surface area contributed by atoms with E-state index >= 15 is 0 Å². The van der Waals surface area contributed by atoms with Crippen molar-refractivity contribution in [1.29, 1.82) is 0 Å². The van der Waals surface area contributed by atoms with Crippen LogP contribution in [0.25, 0.3) is 50.3 Å². The average molecular weight is 650 g/mol. The van der Waals surface area contributed by atoms with Crippen molar-refractivity contribution < 1.29 is 13.6 Å². The minimum absolute atomic E-state index is 0.263. The summed E-state index contributed by atoms with van der Waals surface area (Å²) in [7, 11) is -1.63. The van der Waals surface area contributed by atoms with Gasteiger partial charge in [0.15, 0.2) is 24.1 Å². The van der Waals surface area contributed by atoms with Gasteiger partial charge in [0.05, 0.1) is 20.1 Å². The van der Waals surface area contributed by atoms with Gasteiger partial charge >= 0.3 is 0 Å². The smallest absolute Gasteiger partial charge is 0.227 e. The van der Waals surface area contributed by atoms with Crippen LogP contribution in [0.2, 0.25) is 19.6 Å². The molecule has 2 unspecified atom stereocenters. The summed E-state index contributed by atoms with van der Waals surface area (Å²) in [5.41, 5.74) is 14.4. The predicted molar refractivity (Wildman–Crippen MR) is 200 cm³/mol. The maximum Gasteiger partial charge on any atom is 0.227 e. The third-order valence-corrected chi connectivity index (χ3v) is 12.8. The number of furan rings is 1. The molecule has 0 fully saturated rings. The number of aromatic nitrogens is 3. The minimum Gasteiger partial charge on any atom is -0.438 e. The van der Waals surface area contributed by atoms with E-state index in [0.717, 1.165) is 53.4 Å². The van der Waals surface area contributed by atoms with Crippen LogP contribution in [0, 0.1) is 19.8 Å². The lowest BCUT2D eigenvalue weighted by Gasteiger charge is -2.33. The van der Waals surface area contributed by atoms with Crippen molar-refractivity contribution >= 4 is 41.0 Å². The van der Waals surface area contributed by atoms with E-state index in [1.54, 1.807) is 5.19 Å². The molecule has 2 atom stereocenters. The zero-order chi connectivity index (χ0) is 33.5. The maximum absolute atomic E-state index is 6.40. The first-order valence-corrected chi connectivity index (χ1v) is 21.2. The van der Waals surface area contributed by atoms with Crippen molar-refractivity contribution in [1.82, 2.24) is 4.98 Å². The molecule has 0 radical (unpaired) electrons. The Balaban J connectivity index is 1.37. The highest BCUT2D eigenvalue weighted by atomic mass is 28.3. The molecule has 0 spiro atoms. The lowest BCUT2D eigenvalue weighted by Crippen LogP contribution is -2.54. The predicted octanol–water partition coefficient (Wildman–Crippen LogP) is 9.40. The Hall–Kier alpha value is -4.35.